The quantitative estimate of drug-likeness (QED) is 0.235. The molecule has 0 aliphatic rings. The highest BCUT2D eigenvalue weighted by Crippen LogP contribution is 2.34. The molecular formula is C25H16Cl2N4O3. The molecule has 7 nitrogen and oxygen atoms in total. The van der Waals surface area contributed by atoms with Gasteiger partial charge >= 0.3 is 0 Å². The van der Waals surface area contributed by atoms with Gasteiger partial charge in [0.25, 0.3) is 11.2 Å². The van der Waals surface area contributed by atoms with Gasteiger partial charge in [0.1, 0.15) is 0 Å². The minimum Gasteiger partial charge on any atom is -0.293 e. The van der Waals surface area contributed by atoms with Crippen LogP contribution in [0.3, 0.4) is 0 Å². The van der Waals surface area contributed by atoms with E-state index in [1.54, 1.807) is 24.3 Å². The van der Waals surface area contributed by atoms with E-state index in [0.29, 0.717) is 33.4 Å². The molecule has 2 heterocycles. The standard InChI is InChI=1S/C25H16Cl2N4O3/c26-19-11-8-17(13-20(19)27)24-22(12-15-4-2-1-3-5-15)29-30-23(32)14-21(28-25(24)30)16-6-9-18(10-7-16)31(33)34/h1-11,13-14,29H,12H2. The van der Waals surface area contributed by atoms with Crippen molar-refractivity contribution in [3.63, 3.8) is 0 Å². The highest BCUT2D eigenvalue weighted by molar-refractivity contribution is 6.42. The summed E-state index contributed by atoms with van der Waals surface area (Å²) < 4.78 is 1.39. The fourth-order valence-corrected chi connectivity index (χ4v) is 4.17. The van der Waals surface area contributed by atoms with Gasteiger partial charge in [-0.15, -0.1) is 0 Å². The predicted molar refractivity (Wildman–Crippen MR) is 133 cm³/mol. The summed E-state index contributed by atoms with van der Waals surface area (Å²) in [5.41, 5.74) is 4.40. The topological polar surface area (TPSA) is 93.3 Å². The summed E-state index contributed by atoms with van der Waals surface area (Å²) in [7, 11) is 0. The maximum Gasteiger partial charge on any atom is 0.273 e. The predicted octanol–water partition coefficient (Wildman–Crippen LogP) is 6.16. The van der Waals surface area contributed by atoms with Crippen molar-refractivity contribution in [3.8, 4) is 22.4 Å². The van der Waals surface area contributed by atoms with Crippen LogP contribution in [0.15, 0.2) is 83.7 Å². The van der Waals surface area contributed by atoms with Crippen molar-refractivity contribution in [2.24, 2.45) is 0 Å². The van der Waals surface area contributed by atoms with E-state index in [1.807, 2.05) is 36.4 Å². The molecule has 0 saturated heterocycles. The maximum atomic E-state index is 13.1. The number of nitrogens with zero attached hydrogens (tertiary/aromatic N) is 3. The largest absolute Gasteiger partial charge is 0.293 e. The third-order valence-electron chi connectivity index (χ3n) is 5.50. The number of aromatic amines is 1. The summed E-state index contributed by atoms with van der Waals surface area (Å²) in [6, 6.07) is 22.4. The lowest BCUT2D eigenvalue weighted by atomic mass is 10.0. The fourth-order valence-electron chi connectivity index (χ4n) is 3.87. The highest BCUT2D eigenvalue weighted by atomic mass is 35.5. The van der Waals surface area contributed by atoms with E-state index < -0.39 is 4.92 Å². The van der Waals surface area contributed by atoms with Gasteiger partial charge in [0.15, 0.2) is 5.65 Å². The maximum absolute atomic E-state index is 13.1. The molecule has 1 N–H and O–H groups in total. The molecule has 9 heteroatoms. The molecule has 0 aliphatic heterocycles. The van der Waals surface area contributed by atoms with Crippen LogP contribution < -0.4 is 5.56 Å². The molecule has 0 spiro atoms. The second-order valence-electron chi connectivity index (χ2n) is 7.70. The number of nitro benzene ring substituents is 1. The zero-order chi connectivity index (χ0) is 23.8. The summed E-state index contributed by atoms with van der Waals surface area (Å²) in [4.78, 5) is 28.3. The lowest BCUT2D eigenvalue weighted by molar-refractivity contribution is -0.384. The van der Waals surface area contributed by atoms with Crippen molar-refractivity contribution in [3.05, 3.63) is 121 Å². The Labute approximate surface area is 203 Å². The molecule has 0 saturated carbocycles. The summed E-state index contributed by atoms with van der Waals surface area (Å²) in [6.07, 6.45) is 0.534. The first-order chi connectivity index (χ1) is 16.4. The molecule has 0 aliphatic carbocycles. The Kier molecular flexibility index (Phi) is 5.65. The fraction of sp³-hybridized carbons (Fsp3) is 0.0400. The summed E-state index contributed by atoms with van der Waals surface area (Å²) in [5, 5.41) is 15.0. The van der Waals surface area contributed by atoms with Gasteiger partial charge in [-0.05, 0) is 35.4 Å². The number of aromatic nitrogens is 3. The molecule has 0 atom stereocenters. The zero-order valence-corrected chi connectivity index (χ0v) is 19.0. The first-order valence-electron chi connectivity index (χ1n) is 10.3. The number of rotatable bonds is 5. The monoisotopic (exact) mass is 490 g/mol. The van der Waals surface area contributed by atoms with Crippen molar-refractivity contribution >= 4 is 34.5 Å². The smallest absolute Gasteiger partial charge is 0.273 e. The first kappa shape index (κ1) is 21.9. The van der Waals surface area contributed by atoms with Crippen LogP contribution in [0.2, 0.25) is 10.0 Å². The van der Waals surface area contributed by atoms with Crippen LogP contribution in [0, 0.1) is 10.1 Å². The van der Waals surface area contributed by atoms with Gasteiger partial charge in [0.05, 0.1) is 20.7 Å². The highest BCUT2D eigenvalue weighted by Gasteiger charge is 2.19. The van der Waals surface area contributed by atoms with Crippen molar-refractivity contribution in [2.45, 2.75) is 6.42 Å². The Hall–Kier alpha value is -3.94. The van der Waals surface area contributed by atoms with Crippen LogP contribution in [0.1, 0.15) is 11.3 Å². The number of benzene rings is 3. The van der Waals surface area contributed by atoms with E-state index in [9.17, 15) is 14.9 Å². The SMILES string of the molecule is O=c1cc(-c2ccc([N+](=O)[O-])cc2)nc2c(-c3ccc(Cl)c(Cl)c3)c(Cc3ccccc3)[nH]n12. The average molecular weight is 491 g/mol. The minimum atomic E-state index is -0.473. The van der Waals surface area contributed by atoms with E-state index in [4.69, 9.17) is 28.2 Å². The minimum absolute atomic E-state index is 0.0372. The number of nitro groups is 1. The lowest BCUT2D eigenvalue weighted by Gasteiger charge is -2.07. The Bertz CT molecular complexity index is 1590. The van der Waals surface area contributed by atoms with Crippen LogP contribution in [-0.4, -0.2) is 19.5 Å². The first-order valence-corrected chi connectivity index (χ1v) is 11.0. The van der Waals surface area contributed by atoms with E-state index in [2.05, 4.69) is 5.10 Å². The molecule has 34 heavy (non-hydrogen) atoms. The number of hydrogen-bond acceptors (Lipinski definition) is 4. The molecule has 3 aromatic carbocycles. The average Bonchev–Trinajstić information content (AvgIpc) is 3.20. The third-order valence-corrected chi connectivity index (χ3v) is 6.24. The van der Waals surface area contributed by atoms with E-state index in [-0.39, 0.29) is 11.2 Å². The summed E-state index contributed by atoms with van der Waals surface area (Å²) in [5.74, 6) is 0. The zero-order valence-electron chi connectivity index (χ0n) is 17.5. The van der Waals surface area contributed by atoms with E-state index in [0.717, 1.165) is 22.4 Å². The molecule has 0 bridgehead atoms. The number of halogens is 2. The van der Waals surface area contributed by atoms with Crippen LogP contribution in [0.5, 0.6) is 0 Å². The third kappa shape index (κ3) is 4.07. The number of H-pyrrole nitrogens is 1. The van der Waals surface area contributed by atoms with Crippen LogP contribution in [-0.2, 0) is 6.42 Å². The molecular weight excluding hydrogens is 475 g/mol. The van der Waals surface area contributed by atoms with E-state index >= 15 is 0 Å². The van der Waals surface area contributed by atoms with E-state index in [1.165, 1.54) is 22.7 Å². The van der Waals surface area contributed by atoms with Gasteiger partial charge in [-0.1, -0.05) is 59.6 Å². The van der Waals surface area contributed by atoms with Crippen molar-refractivity contribution in [2.75, 3.05) is 0 Å². The molecule has 0 fully saturated rings. The molecule has 0 amide bonds. The van der Waals surface area contributed by atoms with Crippen molar-refractivity contribution in [1.82, 2.24) is 14.6 Å². The molecule has 5 rings (SSSR count). The second kappa shape index (κ2) is 8.78. The second-order valence-corrected chi connectivity index (χ2v) is 8.51. The van der Waals surface area contributed by atoms with Crippen molar-refractivity contribution in [1.29, 1.82) is 0 Å². The normalized spacial score (nSPS) is 11.1. The molecule has 0 unspecified atom stereocenters. The number of hydrogen-bond donors (Lipinski definition) is 1. The van der Waals surface area contributed by atoms with Gasteiger partial charge in [0, 0.05) is 41.4 Å². The Morgan fingerprint density at radius 2 is 1.62 bits per heavy atom. The number of non-ortho nitro benzene ring substituents is 1. The molecule has 0 radical (unpaired) electrons. The molecule has 168 valence electrons. The Morgan fingerprint density at radius 3 is 2.29 bits per heavy atom. The number of fused-ring (bicyclic) bond motifs is 1. The van der Waals surface area contributed by atoms with Crippen LogP contribution in [0.4, 0.5) is 5.69 Å². The van der Waals surface area contributed by atoms with Gasteiger partial charge < -0.3 is 0 Å². The van der Waals surface area contributed by atoms with Gasteiger partial charge in [-0.2, -0.15) is 0 Å². The van der Waals surface area contributed by atoms with Crippen molar-refractivity contribution < 1.29 is 4.92 Å². The van der Waals surface area contributed by atoms with Gasteiger partial charge in [-0.25, -0.2) is 9.50 Å². The van der Waals surface area contributed by atoms with Crippen LogP contribution in [0.25, 0.3) is 28.0 Å². The Balaban J connectivity index is 1.73. The molecule has 2 aromatic heterocycles. The lowest BCUT2D eigenvalue weighted by Crippen LogP contribution is -2.14. The van der Waals surface area contributed by atoms with Gasteiger partial charge in [0.2, 0.25) is 0 Å². The summed E-state index contributed by atoms with van der Waals surface area (Å²) in [6.45, 7) is 0. The Morgan fingerprint density at radius 1 is 0.912 bits per heavy atom. The summed E-state index contributed by atoms with van der Waals surface area (Å²) >= 11 is 12.4. The van der Waals surface area contributed by atoms with Crippen LogP contribution >= 0.6 is 23.2 Å². The number of nitrogens with one attached hydrogen (secondary N) is 1. The van der Waals surface area contributed by atoms with Gasteiger partial charge in [-0.3, -0.25) is 20.0 Å². The molecule has 5 aromatic rings.